The molecular formula is C118H135O13S8+7. The number of phenolic OH excluding ortho intramolecular Hbond substituents is 2. The van der Waals surface area contributed by atoms with Gasteiger partial charge in [0.1, 0.15) is 69.0 Å². The first-order valence-corrected chi connectivity index (χ1v) is 60.8. The minimum Gasteiger partial charge on any atom is -0.508 e. The van der Waals surface area contributed by atoms with Gasteiger partial charge in [-0.2, -0.15) is 0 Å². The summed E-state index contributed by atoms with van der Waals surface area (Å²) >= 11 is 0. The van der Waals surface area contributed by atoms with E-state index in [1.54, 1.807) is 24.3 Å². The Balaban J connectivity index is 0.000000138. The Morgan fingerprint density at radius 1 is 0.302 bits per heavy atom. The third-order valence-corrected chi connectivity index (χ3v) is 44.1. The molecule has 5 aliphatic heterocycles. The summed E-state index contributed by atoms with van der Waals surface area (Å²) in [5.74, 6) is 15.0. The van der Waals surface area contributed by atoms with Crippen LogP contribution < -0.4 is 0 Å². The van der Waals surface area contributed by atoms with Crippen LogP contribution in [0.3, 0.4) is 0 Å². The van der Waals surface area contributed by atoms with E-state index in [9.17, 15) is 42.6 Å². The number of ether oxygens (including phenoxy) is 4. The summed E-state index contributed by atoms with van der Waals surface area (Å²) in [7, 11) is -2.62. The van der Waals surface area contributed by atoms with Gasteiger partial charge in [0.2, 0.25) is 28.9 Å². The molecule has 2 unspecified atom stereocenters. The Morgan fingerprint density at radius 3 is 0.942 bits per heavy atom. The Hall–Kier alpha value is -9.43. The van der Waals surface area contributed by atoms with Crippen LogP contribution in [0.15, 0.2) is 374 Å². The van der Waals surface area contributed by atoms with E-state index in [2.05, 4.69) is 139 Å². The van der Waals surface area contributed by atoms with Crippen molar-refractivity contribution < 1.29 is 61.6 Å². The van der Waals surface area contributed by atoms with Gasteiger partial charge in [0.25, 0.3) is 0 Å². The van der Waals surface area contributed by atoms with Crippen LogP contribution in [0.2, 0.25) is 0 Å². The van der Waals surface area contributed by atoms with Crippen LogP contribution in [0.25, 0.3) is 21.5 Å². The first kappa shape index (κ1) is 107. The normalized spacial score (nSPS) is 16.3. The fourth-order valence-corrected chi connectivity index (χ4v) is 34.8. The Morgan fingerprint density at radius 2 is 0.583 bits per heavy atom. The lowest BCUT2D eigenvalue weighted by Crippen LogP contribution is -2.47. The van der Waals surface area contributed by atoms with Gasteiger partial charge in [0.15, 0.2) is 67.0 Å². The maximum atomic E-state index is 13.3. The molecule has 0 spiro atoms. The maximum Gasteiger partial charge on any atom is 0.215 e. The maximum absolute atomic E-state index is 13.3. The molecule has 0 bridgehead atoms. The third kappa shape index (κ3) is 32.5. The second-order valence-corrected chi connectivity index (χ2v) is 55.1. The van der Waals surface area contributed by atoms with Crippen molar-refractivity contribution in [2.24, 2.45) is 10.8 Å². The van der Waals surface area contributed by atoms with Crippen LogP contribution in [0, 0.1) is 10.8 Å². The number of hydrogen-bond acceptors (Lipinski definition) is 13. The lowest BCUT2D eigenvalue weighted by atomic mass is 9.86. The van der Waals surface area contributed by atoms with Crippen LogP contribution in [-0.4, -0.2) is 191 Å². The van der Waals surface area contributed by atoms with E-state index in [4.69, 9.17) is 18.9 Å². The molecule has 1 saturated carbocycles. The average molecular weight is 2020 g/mol. The second-order valence-electron chi connectivity index (χ2n) is 37.1. The second kappa shape index (κ2) is 54.7. The van der Waals surface area contributed by atoms with E-state index in [1.807, 2.05) is 218 Å². The van der Waals surface area contributed by atoms with Crippen molar-refractivity contribution >= 4 is 137 Å². The van der Waals surface area contributed by atoms with Crippen LogP contribution in [-0.2, 0) is 105 Å². The lowest BCUT2D eigenvalue weighted by Gasteiger charge is -2.31. The van der Waals surface area contributed by atoms with Gasteiger partial charge in [-0.15, -0.1) is 0 Å². The van der Waals surface area contributed by atoms with Gasteiger partial charge in [-0.1, -0.05) is 279 Å². The highest BCUT2D eigenvalue weighted by Gasteiger charge is 2.48. The van der Waals surface area contributed by atoms with Crippen LogP contribution in [0.1, 0.15) is 138 Å². The van der Waals surface area contributed by atoms with Crippen LogP contribution >= 0.6 is 0 Å². The van der Waals surface area contributed by atoms with Gasteiger partial charge in [-0.25, -0.2) is 8.42 Å². The molecule has 21 heteroatoms. The van der Waals surface area contributed by atoms with Crippen LogP contribution in [0.4, 0.5) is 0 Å². The van der Waals surface area contributed by atoms with E-state index < -0.39 is 9.84 Å². The van der Waals surface area contributed by atoms with E-state index in [0.717, 1.165) is 190 Å². The van der Waals surface area contributed by atoms with Crippen molar-refractivity contribution in [1.82, 2.24) is 0 Å². The zero-order chi connectivity index (χ0) is 97.8. The molecule has 0 aromatic heterocycles. The highest BCUT2D eigenvalue weighted by Crippen LogP contribution is 2.39. The Labute approximate surface area is 845 Å². The molecule has 13 nitrogen and oxygen atoms in total. The molecule has 19 rings (SSSR count). The van der Waals surface area contributed by atoms with Crippen LogP contribution in [0.5, 0.6) is 11.5 Å². The van der Waals surface area contributed by atoms with Gasteiger partial charge in [-0.05, 0) is 179 Å². The molecule has 6 aliphatic rings. The molecule has 5 saturated heterocycles. The Kier molecular flexibility index (Phi) is 42.1. The summed E-state index contributed by atoms with van der Waals surface area (Å²) in [4.78, 5) is 69.7. The predicted octanol–water partition coefficient (Wildman–Crippen LogP) is 23.6. The quantitative estimate of drug-likeness (QED) is 0.0454. The van der Waals surface area contributed by atoms with E-state index >= 15 is 0 Å². The zero-order valence-electron chi connectivity index (χ0n) is 81.0. The molecule has 0 amide bonds. The topological polar surface area (TPSA) is 197 Å². The predicted molar refractivity (Wildman–Crippen MR) is 588 cm³/mol. The molecule has 1 aliphatic carbocycles. The van der Waals surface area contributed by atoms with Crippen molar-refractivity contribution in [2.45, 2.75) is 137 Å². The highest BCUT2D eigenvalue weighted by molar-refractivity contribution is 7.99. The number of ketones is 5. The molecule has 0 radical (unpaired) electrons. The monoisotopic (exact) mass is 2020 g/mol. The zero-order valence-corrected chi connectivity index (χ0v) is 87.5. The first-order chi connectivity index (χ1) is 67.4. The van der Waals surface area contributed by atoms with E-state index in [1.165, 1.54) is 49.8 Å². The molecule has 726 valence electrons. The smallest absolute Gasteiger partial charge is 0.215 e. The fraction of sp³-hybridized carbons (Fsp3) is 0.331. The third-order valence-electron chi connectivity index (χ3n) is 24.7. The van der Waals surface area contributed by atoms with E-state index in [-0.39, 0.29) is 115 Å². The van der Waals surface area contributed by atoms with Crippen molar-refractivity contribution in [3.63, 3.8) is 0 Å². The number of rotatable bonds is 23. The largest absolute Gasteiger partial charge is 0.508 e. The summed E-state index contributed by atoms with van der Waals surface area (Å²) in [5, 5.41) is 23.6. The molecular weight excluding hydrogens is 1880 g/mol. The fourth-order valence-electron chi connectivity index (χ4n) is 17.5. The number of fused-ring (bicyclic) bond motifs is 2. The number of hydrogen-bond donors (Lipinski definition) is 2. The summed E-state index contributed by atoms with van der Waals surface area (Å²) in [6, 6.07) is 111. The molecule has 6 fully saturated rings. The van der Waals surface area contributed by atoms with Gasteiger partial charge >= 0.3 is 0 Å². The number of aromatic hydroxyl groups is 2. The highest BCUT2D eigenvalue weighted by atomic mass is 32.2. The van der Waals surface area contributed by atoms with Crippen molar-refractivity contribution in [3.05, 3.63) is 368 Å². The SMILES string of the molecule is CC(C)(C)C(C(=O)c1ccc2ccccc2c1)[S+]1CCOCC1.CC(C)(C)C(C(=O)c1ccccc1)[S+]1CCOCC1.O=C(C[S+]1CCCC1)c1ccccc1.O=C(C[S+]1CCOCC1)c1ccc2ccccc2c1.O=C(C[S+]1CCOCC1)c1ccccc1.O=S(=O)(c1ccc([S+](c2ccccc2)c2ccccc2)cc1)C1CCCCC1.Oc1ccc([S+](c2ccccc2)c2ccc(O)cc2)cc1. The van der Waals surface area contributed by atoms with Gasteiger partial charge in [-0.3, -0.25) is 24.0 Å². The molecule has 139 heavy (non-hydrogen) atoms. The average Bonchev–Trinajstić information content (AvgIpc) is 1.01. The Bertz CT molecular complexity index is 5970. The minimum absolute atomic E-state index is 0.00732. The number of carbonyl (C=O) groups excluding carboxylic acids is 5. The van der Waals surface area contributed by atoms with Gasteiger partial charge < -0.3 is 29.2 Å². The van der Waals surface area contributed by atoms with Gasteiger partial charge in [0, 0.05) is 82.2 Å². The summed E-state index contributed by atoms with van der Waals surface area (Å²) in [6.45, 7) is 19.6. The number of Topliss-reactive ketones (excluding diaryl/α,β-unsaturated/α-hetero) is 5. The van der Waals surface area contributed by atoms with Crippen molar-refractivity contribution in [2.75, 3.05) is 128 Å². The van der Waals surface area contributed by atoms with E-state index in [0.29, 0.717) is 44.6 Å². The van der Waals surface area contributed by atoms with Crippen molar-refractivity contribution in [3.8, 4) is 11.5 Å². The number of benzene rings is 13. The minimum atomic E-state index is -3.23. The van der Waals surface area contributed by atoms with Gasteiger partial charge in [0.05, 0.1) is 84.8 Å². The number of carbonyl (C=O) groups is 5. The molecule has 13 aromatic carbocycles. The summed E-state index contributed by atoms with van der Waals surface area (Å²) < 4.78 is 47.6. The lowest BCUT2D eigenvalue weighted by molar-refractivity contribution is 0.0936. The molecule has 13 aromatic rings. The van der Waals surface area contributed by atoms with Crippen molar-refractivity contribution in [1.29, 1.82) is 0 Å². The number of sulfone groups is 1. The standard InChI is InChI=1S/C24H25O2S2.C20H25O2S.C18H14O2S.C16H17O2S.C16H23O2S.C12H15O2S.C12H15OS/c25-28(26,23-14-8-3-9-15-23)24-18-16-22(17-19-24)27(20-10-4-1-5-11-20)21-12-6-2-7-13-21;1-20(2,3)19(23-12-10-22-11-13-23)18(21)17-9-8-15-6-4-5-7-16(15)14-17;19-14-6-10-17(11-7-14)21(16-4-2-1-3-5-16)18-12-8-15(20)9-13-18;17-16(12-19-9-7-18-8-10-19)15-6-5-13-3-1-2-4-14(13)11-15;1-16(2,3)15(19-11-9-18-10-12-19)14(17)13-7-5-4-6-8-13;13-12(11-4-2-1-3-5-11)10-15-8-6-14-7-9-15;13-12(10-14-8-4-5-9-14)11-6-2-1-3-7-11/h1-2,4-7,10-13,16-19,23H,3,8-9,14-15H2;4-9,14,19H,10-13H2,1-3H3;1-13H,(H-,19,20);1-6,11H,7-10,12H2;4-8,15H,9-12H2,1-3H3;1-5H,6-10H2;1-3,6-7H,4-5,8-10H2/q2*+1;;4*+1/p+1. The summed E-state index contributed by atoms with van der Waals surface area (Å²) in [6.07, 6.45) is 7.43. The summed E-state index contributed by atoms with van der Waals surface area (Å²) in [5.41, 5.74) is 4.25. The first-order valence-electron chi connectivity index (χ1n) is 48.3. The molecule has 2 atom stereocenters. The molecule has 2 N–H and O–H groups in total. The molecule has 5 heterocycles. The number of phenols is 2.